The molecule has 13 rings (SSSR count). The monoisotopic (exact) mass is 813 g/mol. The summed E-state index contributed by atoms with van der Waals surface area (Å²) >= 11 is 0. The van der Waals surface area contributed by atoms with E-state index in [9.17, 15) is 0 Å². The van der Waals surface area contributed by atoms with Crippen LogP contribution in [-0.2, 0) is 0 Å². The highest BCUT2D eigenvalue weighted by atomic mass is 16.3. The molecule has 0 bridgehead atoms. The molecular weight excluding hydrogens is 775 g/mol. The Morgan fingerprint density at radius 1 is 0.266 bits per heavy atom. The molecule has 0 radical (unpaired) electrons. The van der Waals surface area contributed by atoms with Crippen LogP contribution in [0.3, 0.4) is 0 Å². The number of furan rings is 1. The fraction of sp³-hybridized carbons (Fsp3) is 0. The number of hydrogen-bond acceptors (Lipinski definition) is 2. The molecule has 0 unspecified atom stereocenters. The van der Waals surface area contributed by atoms with Crippen LogP contribution < -0.4 is 4.90 Å². The largest absolute Gasteiger partial charge is 0.456 e. The molecule has 0 atom stereocenters. The van der Waals surface area contributed by atoms with Crippen molar-refractivity contribution < 1.29 is 4.42 Å². The first-order valence-electron chi connectivity index (χ1n) is 22.0. The van der Waals surface area contributed by atoms with Gasteiger partial charge in [0.25, 0.3) is 0 Å². The molecule has 2 nitrogen and oxygen atoms in total. The Bertz CT molecular complexity index is 3790. The molecule has 0 spiro atoms. The molecule has 0 aliphatic carbocycles. The van der Waals surface area contributed by atoms with Gasteiger partial charge in [-0.25, -0.2) is 0 Å². The van der Waals surface area contributed by atoms with Crippen LogP contribution in [0.1, 0.15) is 0 Å². The third kappa shape index (κ3) is 5.81. The van der Waals surface area contributed by atoms with E-state index in [0.717, 1.165) is 50.1 Å². The van der Waals surface area contributed by atoms with Gasteiger partial charge in [-0.3, -0.25) is 0 Å². The summed E-state index contributed by atoms with van der Waals surface area (Å²) < 4.78 is 6.60. The Morgan fingerprint density at radius 3 is 1.30 bits per heavy atom. The summed E-state index contributed by atoms with van der Waals surface area (Å²) in [6.07, 6.45) is 0. The number of hydrogen-bond donors (Lipinski definition) is 0. The standard InChI is InChI=1S/C62H39NO/c1-2-15-43-39-61-58(36-42(43)14-1)62-55(25-13-27-60(62)64-61)54-24-11-12-26-59(54)63(46-32-28-40(29-33-46)56-37-44-16-3-5-18-48(44)50-20-7-9-22-52(50)56)47-34-30-41(31-35-47)57-38-45-17-4-6-19-49(45)51-21-8-10-23-53(51)57/h1-39H. The highest BCUT2D eigenvalue weighted by molar-refractivity contribution is 6.18. The van der Waals surface area contributed by atoms with E-state index in [1.807, 2.05) is 0 Å². The Kier molecular flexibility index (Phi) is 8.25. The zero-order valence-corrected chi connectivity index (χ0v) is 34.9. The minimum absolute atomic E-state index is 0.878. The number of rotatable bonds is 6. The zero-order valence-electron chi connectivity index (χ0n) is 34.9. The summed E-state index contributed by atoms with van der Waals surface area (Å²) in [4.78, 5) is 2.41. The molecule has 2 heteroatoms. The number of benzene rings is 12. The molecule has 0 aliphatic rings. The SMILES string of the molecule is c1ccc(N(c2ccc(-c3cc4ccccc4c4ccccc34)cc2)c2ccc(-c3cc4ccccc4c4ccccc34)cc2)c(-c2cccc3oc4cc5ccccc5cc4c23)c1. The highest BCUT2D eigenvalue weighted by Crippen LogP contribution is 2.46. The van der Waals surface area contributed by atoms with Crippen LogP contribution in [0, 0.1) is 0 Å². The smallest absolute Gasteiger partial charge is 0.136 e. The van der Waals surface area contributed by atoms with Gasteiger partial charge in [0.05, 0.1) is 5.69 Å². The van der Waals surface area contributed by atoms with Crippen LogP contribution in [0.15, 0.2) is 241 Å². The Labute approximate surface area is 370 Å². The second-order valence-electron chi connectivity index (χ2n) is 16.8. The van der Waals surface area contributed by atoms with E-state index in [2.05, 4.69) is 241 Å². The van der Waals surface area contributed by atoms with E-state index < -0.39 is 0 Å². The Hall–Kier alpha value is -8.46. The fourth-order valence-corrected chi connectivity index (χ4v) is 10.2. The van der Waals surface area contributed by atoms with Crippen molar-refractivity contribution >= 4 is 92.9 Å². The second-order valence-corrected chi connectivity index (χ2v) is 16.8. The van der Waals surface area contributed by atoms with Crippen LogP contribution >= 0.6 is 0 Å². The van der Waals surface area contributed by atoms with Crippen LogP contribution in [-0.4, -0.2) is 0 Å². The van der Waals surface area contributed by atoms with E-state index in [1.165, 1.54) is 76.1 Å². The first kappa shape index (κ1) is 36.2. The van der Waals surface area contributed by atoms with E-state index in [4.69, 9.17) is 4.42 Å². The maximum absolute atomic E-state index is 6.60. The molecule has 12 aromatic carbocycles. The van der Waals surface area contributed by atoms with Crippen molar-refractivity contribution in [3.8, 4) is 33.4 Å². The third-order valence-corrected chi connectivity index (χ3v) is 13.2. The van der Waals surface area contributed by atoms with Crippen molar-refractivity contribution in [2.75, 3.05) is 4.90 Å². The summed E-state index contributed by atoms with van der Waals surface area (Å²) in [6, 6.07) is 86.1. The van der Waals surface area contributed by atoms with Crippen molar-refractivity contribution in [1.29, 1.82) is 0 Å². The topological polar surface area (TPSA) is 16.4 Å². The molecule has 1 heterocycles. The molecule has 0 aliphatic heterocycles. The van der Waals surface area contributed by atoms with Gasteiger partial charge in [0.2, 0.25) is 0 Å². The van der Waals surface area contributed by atoms with Gasteiger partial charge < -0.3 is 9.32 Å². The first-order valence-corrected chi connectivity index (χ1v) is 22.0. The molecule has 1 aromatic heterocycles. The fourth-order valence-electron chi connectivity index (χ4n) is 10.2. The average molecular weight is 814 g/mol. The maximum Gasteiger partial charge on any atom is 0.136 e. The second kappa shape index (κ2) is 14.6. The van der Waals surface area contributed by atoms with Crippen molar-refractivity contribution in [3.05, 3.63) is 237 Å². The minimum atomic E-state index is 0.878. The van der Waals surface area contributed by atoms with Crippen LogP contribution in [0.4, 0.5) is 17.1 Å². The van der Waals surface area contributed by atoms with Crippen molar-refractivity contribution in [2.45, 2.75) is 0 Å². The lowest BCUT2D eigenvalue weighted by Crippen LogP contribution is -2.11. The van der Waals surface area contributed by atoms with Gasteiger partial charge >= 0.3 is 0 Å². The number of fused-ring (bicyclic) bond motifs is 10. The average Bonchev–Trinajstić information content (AvgIpc) is 3.73. The predicted octanol–water partition coefficient (Wildman–Crippen LogP) is 17.8. The molecule has 13 aromatic rings. The van der Waals surface area contributed by atoms with Crippen molar-refractivity contribution in [2.24, 2.45) is 0 Å². The predicted molar refractivity (Wildman–Crippen MR) is 272 cm³/mol. The van der Waals surface area contributed by atoms with Crippen molar-refractivity contribution in [1.82, 2.24) is 0 Å². The quantitative estimate of drug-likeness (QED) is 0.156. The molecule has 0 saturated carbocycles. The van der Waals surface area contributed by atoms with E-state index in [1.54, 1.807) is 0 Å². The highest BCUT2D eigenvalue weighted by Gasteiger charge is 2.21. The van der Waals surface area contributed by atoms with Crippen LogP contribution in [0.2, 0.25) is 0 Å². The van der Waals surface area contributed by atoms with Crippen LogP contribution in [0.25, 0.3) is 109 Å². The molecule has 64 heavy (non-hydrogen) atoms. The lowest BCUT2D eigenvalue weighted by atomic mass is 9.92. The molecule has 0 fully saturated rings. The first-order chi connectivity index (χ1) is 31.7. The number of nitrogens with zero attached hydrogens (tertiary/aromatic N) is 1. The van der Waals surface area contributed by atoms with E-state index in [0.29, 0.717) is 0 Å². The lowest BCUT2D eigenvalue weighted by Gasteiger charge is -2.28. The van der Waals surface area contributed by atoms with Crippen molar-refractivity contribution in [3.63, 3.8) is 0 Å². The maximum atomic E-state index is 6.60. The summed E-state index contributed by atoms with van der Waals surface area (Å²) in [6.45, 7) is 0. The van der Waals surface area contributed by atoms with E-state index >= 15 is 0 Å². The van der Waals surface area contributed by atoms with Gasteiger partial charge in [0, 0.05) is 27.7 Å². The van der Waals surface area contributed by atoms with Gasteiger partial charge in [-0.15, -0.1) is 0 Å². The van der Waals surface area contributed by atoms with Crippen LogP contribution in [0.5, 0.6) is 0 Å². The molecule has 0 saturated heterocycles. The summed E-state index contributed by atoms with van der Waals surface area (Å²) in [5, 5.41) is 14.7. The molecule has 298 valence electrons. The van der Waals surface area contributed by atoms with Gasteiger partial charge in [-0.1, -0.05) is 176 Å². The normalized spacial score (nSPS) is 11.8. The third-order valence-electron chi connectivity index (χ3n) is 13.2. The minimum Gasteiger partial charge on any atom is -0.456 e. The Balaban J connectivity index is 0.999. The lowest BCUT2D eigenvalue weighted by molar-refractivity contribution is 0.669. The Morgan fingerprint density at radius 2 is 0.719 bits per heavy atom. The van der Waals surface area contributed by atoms with Gasteiger partial charge in [-0.2, -0.15) is 0 Å². The number of para-hydroxylation sites is 1. The molecule has 0 amide bonds. The summed E-state index contributed by atoms with van der Waals surface area (Å²) in [5.41, 5.74) is 12.1. The number of anilines is 3. The van der Waals surface area contributed by atoms with E-state index in [-0.39, 0.29) is 0 Å². The zero-order chi connectivity index (χ0) is 42.1. The molecular formula is C62H39NO. The van der Waals surface area contributed by atoms with Gasteiger partial charge in [0.15, 0.2) is 0 Å². The van der Waals surface area contributed by atoms with Gasteiger partial charge in [0.1, 0.15) is 11.2 Å². The van der Waals surface area contributed by atoms with Gasteiger partial charge in [-0.05, 0) is 142 Å². The summed E-state index contributed by atoms with van der Waals surface area (Å²) in [5.74, 6) is 0. The molecule has 0 N–H and O–H groups in total. The summed E-state index contributed by atoms with van der Waals surface area (Å²) in [7, 11) is 0.